The molecule has 7 heteroatoms. The Bertz CT molecular complexity index is 536. The fourth-order valence-electron chi connectivity index (χ4n) is 1.98. The summed E-state index contributed by atoms with van der Waals surface area (Å²) in [5, 5.41) is 0. The summed E-state index contributed by atoms with van der Waals surface area (Å²) >= 11 is 1.21. The number of thiophene rings is 1. The molecule has 1 aromatic rings. The minimum Gasteiger partial charge on any atom is -0.368 e. The van der Waals surface area contributed by atoms with Crippen molar-refractivity contribution in [3.05, 3.63) is 17.0 Å². The van der Waals surface area contributed by atoms with Gasteiger partial charge in [0.1, 0.15) is 10.3 Å². The molecule has 1 atom stereocenters. The summed E-state index contributed by atoms with van der Waals surface area (Å²) in [6.45, 7) is 2.21. The molecule has 17 heavy (non-hydrogen) atoms. The molecule has 0 saturated carbocycles. The Labute approximate surface area is 104 Å². The summed E-state index contributed by atoms with van der Waals surface area (Å²) in [6, 6.07) is 2.64. The van der Waals surface area contributed by atoms with Crippen LogP contribution in [0.15, 0.2) is 16.3 Å². The minimum absolute atomic E-state index is 0.281. The number of rotatable bonds is 3. The van der Waals surface area contributed by atoms with E-state index in [1.54, 1.807) is 12.1 Å². The van der Waals surface area contributed by atoms with Gasteiger partial charge in [0.15, 0.2) is 0 Å². The van der Waals surface area contributed by atoms with Gasteiger partial charge in [0.05, 0.1) is 0 Å². The molecule has 2 N–H and O–H groups in total. The van der Waals surface area contributed by atoms with Crippen LogP contribution in [-0.2, 0) is 14.8 Å². The average Bonchev–Trinajstić information content (AvgIpc) is 2.84. The van der Waals surface area contributed by atoms with Gasteiger partial charge in [0.2, 0.25) is 5.91 Å². The molecule has 0 spiro atoms. The summed E-state index contributed by atoms with van der Waals surface area (Å²) < 4.78 is 26.1. The number of nitrogens with two attached hydrogens (primary N) is 1. The first kappa shape index (κ1) is 12.5. The molecule has 5 nitrogen and oxygen atoms in total. The molecule has 1 amide bonds. The second kappa shape index (κ2) is 4.40. The zero-order valence-electron chi connectivity index (χ0n) is 9.42. The van der Waals surface area contributed by atoms with E-state index in [-0.39, 0.29) is 4.21 Å². The number of sulfonamides is 1. The summed E-state index contributed by atoms with van der Waals surface area (Å²) in [5.74, 6) is -0.570. The van der Waals surface area contributed by atoms with Gasteiger partial charge in [-0.1, -0.05) is 0 Å². The molecule has 94 valence electrons. The van der Waals surface area contributed by atoms with Crippen LogP contribution in [0, 0.1) is 6.92 Å². The fourth-order valence-corrected chi connectivity index (χ4v) is 5.06. The molecule has 1 aliphatic rings. The first-order valence-electron chi connectivity index (χ1n) is 5.30. The Hall–Kier alpha value is -0.920. The quantitative estimate of drug-likeness (QED) is 0.880. The number of carbonyl (C=O) groups is 1. The maximum atomic E-state index is 12.3. The zero-order chi connectivity index (χ0) is 12.6. The maximum absolute atomic E-state index is 12.3. The van der Waals surface area contributed by atoms with Gasteiger partial charge in [-0.2, -0.15) is 4.31 Å². The van der Waals surface area contributed by atoms with Crippen LogP contribution in [0.25, 0.3) is 0 Å². The molecule has 1 fully saturated rings. The summed E-state index contributed by atoms with van der Waals surface area (Å²) in [7, 11) is -3.56. The molecular formula is C10H14N2O3S2. The number of primary amides is 1. The largest absolute Gasteiger partial charge is 0.368 e. The molecule has 1 aromatic heterocycles. The van der Waals surface area contributed by atoms with E-state index in [2.05, 4.69) is 0 Å². The monoisotopic (exact) mass is 274 g/mol. The molecule has 1 aliphatic heterocycles. The Kier molecular flexibility index (Phi) is 3.24. The molecule has 0 bridgehead atoms. The number of hydrogen-bond acceptors (Lipinski definition) is 4. The summed E-state index contributed by atoms with van der Waals surface area (Å²) in [6.07, 6.45) is 1.19. The molecule has 2 heterocycles. The van der Waals surface area contributed by atoms with E-state index in [0.717, 1.165) is 4.88 Å². The highest BCUT2D eigenvalue weighted by atomic mass is 32.2. The standard InChI is InChI=1S/C10H14N2O3S2/c1-7-4-5-9(16-7)17(14,15)12-6-2-3-8(12)10(11)13/h4-5,8H,2-3,6H2,1H3,(H2,11,13)/t8-/m0/s1. The Balaban J connectivity index is 2.36. The minimum atomic E-state index is -3.56. The smallest absolute Gasteiger partial charge is 0.253 e. The van der Waals surface area contributed by atoms with Gasteiger partial charge in [0.25, 0.3) is 10.0 Å². The van der Waals surface area contributed by atoms with Crippen LogP contribution in [0.1, 0.15) is 17.7 Å². The molecule has 2 rings (SSSR count). The van der Waals surface area contributed by atoms with E-state index in [4.69, 9.17) is 5.73 Å². The predicted octanol–water partition coefficient (Wildman–Crippen LogP) is 0.695. The van der Waals surface area contributed by atoms with E-state index in [1.807, 2.05) is 6.92 Å². The van der Waals surface area contributed by atoms with Crippen molar-refractivity contribution in [3.63, 3.8) is 0 Å². The lowest BCUT2D eigenvalue weighted by molar-refractivity contribution is -0.121. The second-order valence-corrected chi connectivity index (χ2v) is 7.45. The zero-order valence-corrected chi connectivity index (χ0v) is 11.1. The van der Waals surface area contributed by atoms with E-state index >= 15 is 0 Å². The second-order valence-electron chi connectivity index (χ2n) is 4.04. The first-order valence-corrected chi connectivity index (χ1v) is 7.56. The van der Waals surface area contributed by atoms with Crippen molar-refractivity contribution in [3.8, 4) is 0 Å². The van der Waals surface area contributed by atoms with Crippen LogP contribution in [0.2, 0.25) is 0 Å². The van der Waals surface area contributed by atoms with Crippen LogP contribution in [0.3, 0.4) is 0 Å². The van der Waals surface area contributed by atoms with Gasteiger partial charge >= 0.3 is 0 Å². The molecule has 0 aliphatic carbocycles. The third-order valence-corrected chi connectivity index (χ3v) is 6.19. The van der Waals surface area contributed by atoms with E-state index in [9.17, 15) is 13.2 Å². The molecule has 1 saturated heterocycles. The van der Waals surface area contributed by atoms with E-state index in [0.29, 0.717) is 19.4 Å². The highest BCUT2D eigenvalue weighted by Gasteiger charge is 2.38. The topological polar surface area (TPSA) is 80.5 Å². The van der Waals surface area contributed by atoms with Crippen molar-refractivity contribution in [2.75, 3.05) is 6.54 Å². The molecule has 0 unspecified atom stereocenters. The number of amides is 1. The fraction of sp³-hybridized carbons (Fsp3) is 0.500. The van der Waals surface area contributed by atoms with Crippen LogP contribution in [0.5, 0.6) is 0 Å². The normalized spacial score (nSPS) is 21.8. The third kappa shape index (κ3) is 2.22. The van der Waals surface area contributed by atoms with Crippen molar-refractivity contribution in [1.82, 2.24) is 4.31 Å². The Morgan fingerprint density at radius 2 is 2.24 bits per heavy atom. The van der Waals surface area contributed by atoms with Gasteiger partial charge in [-0.15, -0.1) is 11.3 Å². The van der Waals surface area contributed by atoms with Crippen molar-refractivity contribution >= 4 is 27.3 Å². The number of hydrogen-bond donors (Lipinski definition) is 1. The highest BCUT2D eigenvalue weighted by molar-refractivity contribution is 7.91. The van der Waals surface area contributed by atoms with Crippen molar-refractivity contribution in [2.24, 2.45) is 5.73 Å². The summed E-state index contributed by atoms with van der Waals surface area (Å²) in [5.41, 5.74) is 5.23. The Morgan fingerprint density at radius 1 is 1.53 bits per heavy atom. The van der Waals surface area contributed by atoms with Gasteiger partial charge in [0, 0.05) is 11.4 Å². The Morgan fingerprint density at radius 3 is 2.76 bits per heavy atom. The lowest BCUT2D eigenvalue weighted by Gasteiger charge is -2.20. The van der Waals surface area contributed by atoms with Crippen molar-refractivity contribution in [2.45, 2.75) is 30.0 Å². The maximum Gasteiger partial charge on any atom is 0.253 e. The number of aryl methyl sites for hydroxylation is 1. The molecular weight excluding hydrogens is 260 g/mol. The van der Waals surface area contributed by atoms with E-state index in [1.165, 1.54) is 15.6 Å². The van der Waals surface area contributed by atoms with Crippen LogP contribution >= 0.6 is 11.3 Å². The number of nitrogens with zero attached hydrogens (tertiary/aromatic N) is 1. The highest BCUT2D eigenvalue weighted by Crippen LogP contribution is 2.29. The van der Waals surface area contributed by atoms with Crippen LogP contribution in [0.4, 0.5) is 0 Å². The SMILES string of the molecule is Cc1ccc(S(=O)(=O)N2CCC[C@H]2C(N)=O)s1. The lowest BCUT2D eigenvalue weighted by atomic mass is 10.2. The number of carbonyl (C=O) groups excluding carboxylic acids is 1. The van der Waals surface area contributed by atoms with Gasteiger partial charge in [-0.05, 0) is 31.9 Å². The average molecular weight is 274 g/mol. The van der Waals surface area contributed by atoms with Crippen LogP contribution < -0.4 is 5.73 Å². The van der Waals surface area contributed by atoms with E-state index < -0.39 is 22.0 Å². The van der Waals surface area contributed by atoms with Crippen molar-refractivity contribution < 1.29 is 13.2 Å². The predicted molar refractivity (Wildman–Crippen MR) is 65.2 cm³/mol. The van der Waals surface area contributed by atoms with Gasteiger partial charge < -0.3 is 5.73 Å². The molecule has 0 radical (unpaired) electrons. The molecule has 0 aromatic carbocycles. The lowest BCUT2D eigenvalue weighted by Crippen LogP contribution is -2.43. The van der Waals surface area contributed by atoms with Gasteiger partial charge in [-0.25, -0.2) is 8.42 Å². The van der Waals surface area contributed by atoms with Gasteiger partial charge in [-0.3, -0.25) is 4.79 Å². The first-order chi connectivity index (χ1) is 7.93. The van der Waals surface area contributed by atoms with Crippen molar-refractivity contribution in [1.29, 1.82) is 0 Å². The summed E-state index contributed by atoms with van der Waals surface area (Å²) in [4.78, 5) is 12.1. The van der Waals surface area contributed by atoms with Crippen LogP contribution in [-0.4, -0.2) is 31.2 Å². The third-order valence-electron chi connectivity index (χ3n) is 2.81.